The molecule has 0 saturated carbocycles. The van der Waals surface area contributed by atoms with Gasteiger partial charge in [-0.15, -0.1) is 0 Å². The quantitative estimate of drug-likeness (QED) is 0.813. The van der Waals surface area contributed by atoms with Crippen molar-refractivity contribution in [3.8, 4) is 0 Å². The molecular weight excluding hydrogens is 216 g/mol. The van der Waals surface area contributed by atoms with Gasteiger partial charge in [-0.05, 0) is 24.1 Å². The average Bonchev–Trinajstić information content (AvgIpc) is 2.74. The third-order valence-electron chi connectivity index (χ3n) is 2.77. The molecule has 0 amide bonds. The normalized spacial score (nSPS) is 10.7. The Kier molecular flexibility index (Phi) is 3.44. The van der Waals surface area contributed by atoms with Crippen LogP contribution < -0.4 is 5.32 Å². The SMILES string of the molecule is CNCc1cccc2ccn(CC(=O)OC)c12. The van der Waals surface area contributed by atoms with Crippen molar-refractivity contribution in [2.75, 3.05) is 14.2 Å². The van der Waals surface area contributed by atoms with Crippen LogP contribution in [0.15, 0.2) is 30.5 Å². The lowest BCUT2D eigenvalue weighted by Gasteiger charge is -2.08. The Morgan fingerprint density at radius 1 is 1.41 bits per heavy atom. The minimum absolute atomic E-state index is 0.234. The Balaban J connectivity index is 2.45. The van der Waals surface area contributed by atoms with E-state index in [0.29, 0.717) is 0 Å². The van der Waals surface area contributed by atoms with Gasteiger partial charge in [0.25, 0.3) is 0 Å². The third kappa shape index (κ3) is 2.31. The Morgan fingerprint density at radius 3 is 2.94 bits per heavy atom. The molecule has 0 aliphatic carbocycles. The number of esters is 1. The molecule has 0 aliphatic heterocycles. The number of ether oxygens (including phenoxy) is 1. The predicted octanol–water partition coefficient (Wildman–Crippen LogP) is 1.53. The Bertz CT molecular complexity index is 531. The van der Waals surface area contributed by atoms with Gasteiger partial charge in [0.15, 0.2) is 0 Å². The number of aromatic nitrogens is 1. The number of nitrogens with zero attached hydrogens (tertiary/aromatic N) is 1. The van der Waals surface area contributed by atoms with Crippen LogP contribution in [0.5, 0.6) is 0 Å². The van der Waals surface area contributed by atoms with Crippen LogP contribution in [-0.4, -0.2) is 24.7 Å². The van der Waals surface area contributed by atoms with Gasteiger partial charge in [0.05, 0.1) is 12.6 Å². The zero-order valence-electron chi connectivity index (χ0n) is 10.1. The number of methoxy groups -OCH3 is 1. The first-order valence-electron chi connectivity index (χ1n) is 5.54. The van der Waals surface area contributed by atoms with Crippen LogP contribution in [0.1, 0.15) is 5.56 Å². The van der Waals surface area contributed by atoms with E-state index in [1.165, 1.54) is 12.7 Å². The second-order valence-electron chi connectivity index (χ2n) is 3.91. The number of benzene rings is 1. The standard InChI is InChI=1S/C13H16N2O2/c1-14-8-11-5-3-4-10-6-7-15(13(10)11)9-12(16)17-2/h3-7,14H,8-9H2,1-2H3. The van der Waals surface area contributed by atoms with Crippen molar-refractivity contribution in [3.63, 3.8) is 0 Å². The first-order valence-corrected chi connectivity index (χ1v) is 5.54. The zero-order chi connectivity index (χ0) is 12.3. The van der Waals surface area contributed by atoms with Gasteiger partial charge in [0.1, 0.15) is 6.54 Å². The van der Waals surface area contributed by atoms with Gasteiger partial charge in [0.2, 0.25) is 0 Å². The summed E-state index contributed by atoms with van der Waals surface area (Å²) in [5.74, 6) is -0.234. The molecule has 0 saturated heterocycles. The molecule has 0 atom stereocenters. The first-order chi connectivity index (χ1) is 8.26. The highest BCUT2D eigenvalue weighted by Crippen LogP contribution is 2.20. The Labute approximate surface area is 100 Å². The van der Waals surface area contributed by atoms with E-state index in [1.54, 1.807) is 0 Å². The molecule has 90 valence electrons. The number of carbonyl (C=O) groups is 1. The smallest absolute Gasteiger partial charge is 0.325 e. The lowest BCUT2D eigenvalue weighted by molar-refractivity contribution is -0.141. The fourth-order valence-electron chi connectivity index (χ4n) is 2.01. The number of fused-ring (bicyclic) bond motifs is 1. The Hall–Kier alpha value is -1.81. The monoisotopic (exact) mass is 232 g/mol. The summed E-state index contributed by atoms with van der Waals surface area (Å²) in [7, 11) is 3.31. The fourth-order valence-corrected chi connectivity index (χ4v) is 2.01. The highest BCUT2D eigenvalue weighted by Gasteiger charge is 2.09. The molecule has 0 fully saturated rings. The molecule has 1 aromatic heterocycles. The molecule has 2 rings (SSSR count). The molecule has 0 spiro atoms. The molecule has 0 unspecified atom stereocenters. The maximum absolute atomic E-state index is 11.3. The van der Waals surface area contributed by atoms with Crippen molar-refractivity contribution >= 4 is 16.9 Å². The van der Waals surface area contributed by atoms with Crippen molar-refractivity contribution in [2.45, 2.75) is 13.1 Å². The van der Waals surface area contributed by atoms with Gasteiger partial charge < -0.3 is 14.6 Å². The molecule has 4 heteroatoms. The van der Waals surface area contributed by atoms with Crippen molar-refractivity contribution in [2.24, 2.45) is 0 Å². The van der Waals surface area contributed by atoms with Gasteiger partial charge in [0, 0.05) is 12.7 Å². The molecule has 0 bridgehead atoms. The minimum atomic E-state index is -0.234. The van der Waals surface area contributed by atoms with E-state index in [0.717, 1.165) is 17.4 Å². The highest BCUT2D eigenvalue weighted by molar-refractivity contribution is 5.84. The van der Waals surface area contributed by atoms with Crippen LogP contribution >= 0.6 is 0 Å². The van der Waals surface area contributed by atoms with Crippen LogP contribution in [0.3, 0.4) is 0 Å². The van der Waals surface area contributed by atoms with Gasteiger partial charge in [-0.2, -0.15) is 0 Å². The van der Waals surface area contributed by atoms with E-state index in [1.807, 2.05) is 36.0 Å². The summed E-state index contributed by atoms with van der Waals surface area (Å²) < 4.78 is 6.62. The largest absolute Gasteiger partial charge is 0.468 e. The second kappa shape index (κ2) is 5.01. The highest BCUT2D eigenvalue weighted by atomic mass is 16.5. The van der Waals surface area contributed by atoms with Gasteiger partial charge in [-0.25, -0.2) is 0 Å². The second-order valence-corrected chi connectivity index (χ2v) is 3.91. The van der Waals surface area contributed by atoms with Crippen LogP contribution in [0.4, 0.5) is 0 Å². The topological polar surface area (TPSA) is 43.3 Å². The molecule has 1 N–H and O–H groups in total. The fraction of sp³-hybridized carbons (Fsp3) is 0.308. The van der Waals surface area contributed by atoms with E-state index in [9.17, 15) is 4.79 Å². The van der Waals surface area contributed by atoms with Crippen molar-refractivity contribution in [3.05, 3.63) is 36.0 Å². The van der Waals surface area contributed by atoms with Crippen LogP contribution in [-0.2, 0) is 22.6 Å². The summed E-state index contributed by atoms with van der Waals surface area (Å²) in [5, 5.41) is 4.27. The molecule has 1 aromatic carbocycles. The maximum atomic E-state index is 11.3. The molecule has 4 nitrogen and oxygen atoms in total. The number of para-hydroxylation sites is 1. The molecule has 2 aromatic rings. The van der Waals surface area contributed by atoms with Crippen LogP contribution in [0.2, 0.25) is 0 Å². The molecule has 1 heterocycles. The van der Waals surface area contributed by atoms with Gasteiger partial charge in [-0.3, -0.25) is 4.79 Å². The van der Waals surface area contributed by atoms with E-state index in [2.05, 4.69) is 11.4 Å². The number of hydrogen-bond acceptors (Lipinski definition) is 3. The molecule has 17 heavy (non-hydrogen) atoms. The lowest BCUT2D eigenvalue weighted by atomic mass is 10.1. The number of hydrogen-bond donors (Lipinski definition) is 1. The van der Waals surface area contributed by atoms with Crippen molar-refractivity contribution in [1.82, 2.24) is 9.88 Å². The molecule has 0 aliphatic rings. The number of rotatable bonds is 4. The van der Waals surface area contributed by atoms with Crippen molar-refractivity contribution in [1.29, 1.82) is 0 Å². The van der Waals surface area contributed by atoms with Crippen LogP contribution in [0, 0.1) is 0 Å². The summed E-state index contributed by atoms with van der Waals surface area (Å²) in [6.07, 6.45) is 1.92. The molecular formula is C13H16N2O2. The Morgan fingerprint density at radius 2 is 2.24 bits per heavy atom. The summed E-state index contributed by atoms with van der Waals surface area (Å²) >= 11 is 0. The zero-order valence-corrected chi connectivity index (χ0v) is 10.1. The van der Waals surface area contributed by atoms with E-state index in [4.69, 9.17) is 4.74 Å². The van der Waals surface area contributed by atoms with Crippen LogP contribution in [0.25, 0.3) is 10.9 Å². The number of nitrogens with one attached hydrogen (secondary N) is 1. The lowest BCUT2D eigenvalue weighted by Crippen LogP contribution is -2.12. The average molecular weight is 232 g/mol. The number of carbonyl (C=O) groups excluding carboxylic acids is 1. The minimum Gasteiger partial charge on any atom is -0.468 e. The van der Waals surface area contributed by atoms with Gasteiger partial charge in [-0.1, -0.05) is 18.2 Å². The summed E-state index contributed by atoms with van der Waals surface area (Å²) in [6.45, 7) is 1.03. The van der Waals surface area contributed by atoms with E-state index in [-0.39, 0.29) is 12.5 Å². The van der Waals surface area contributed by atoms with E-state index < -0.39 is 0 Å². The summed E-state index contributed by atoms with van der Waals surface area (Å²) in [4.78, 5) is 11.3. The van der Waals surface area contributed by atoms with E-state index >= 15 is 0 Å². The third-order valence-corrected chi connectivity index (χ3v) is 2.77. The first kappa shape index (κ1) is 11.7. The predicted molar refractivity (Wildman–Crippen MR) is 66.7 cm³/mol. The maximum Gasteiger partial charge on any atom is 0.325 e. The van der Waals surface area contributed by atoms with Crippen molar-refractivity contribution < 1.29 is 9.53 Å². The summed E-state index contributed by atoms with van der Waals surface area (Å²) in [5.41, 5.74) is 2.27. The van der Waals surface area contributed by atoms with Gasteiger partial charge >= 0.3 is 5.97 Å². The molecule has 0 radical (unpaired) electrons. The summed E-state index contributed by atoms with van der Waals surface area (Å²) in [6, 6.07) is 8.14.